The number of fused-ring (bicyclic) bond motifs is 4. The molecule has 0 N–H and O–H groups in total. The molecule has 4 nitrogen and oxygen atoms in total. The van der Waals surface area contributed by atoms with Gasteiger partial charge in [0, 0.05) is 15.7 Å². The first-order valence-corrected chi connectivity index (χ1v) is 13.6. The second-order valence-electron chi connectivity index (χ2n) is 10.9. The Morgan fingerprint density at radius 1 is 1.00 bits per heavy atom. The Kier molecular flexibility index (Phi) is 6.93. The number of hydrogen-bond acceptors (Lipinski definition) is 2. The van der Waals surface area contributed by atoms with Crippen LogP contribution in [-0.2, 0) is 32.0 Å². The second kappa shape index (κ2) is 12.2. The average molecular weight is 751 g/mol. The smallest absolute Gasteiger partial charge is 0.501 e. The molecular weight excluding hydrogens is 714 g/mol. The molecule has 43 heavy (non-hydrogen) atoms. The zero-order valence-electron chi connectivity index (χ0n) is 29.1. The van der Waals surface area contributed by atoms with Gasteiger partial charge in [-0.15, -0.1) is 18.2 Å². The third kappa shape index (κ3) is 5.90. The zero-order chi connectivity index (χ0) is 33.7. The Labute approximate surface area is 272 Å². The zero-order valence-corrected chi connectivity index (χ0v) is 26.5. The fraction of sp³-hybridized carbons (Fsp3) is 0.189. The minimum atomic E-state index is -2.22. The van der Waals surface area contributed by atoms with E-state index in [1.54, 1.807) is 29.0 Å². The number of aromatic nitrogens is 3. The van der Waals surface area contributed by atoms with Crippen molar-refractivity contribution in [3.05, 3.63) is 127 Å². The second-order valence-corrected chi connectivity index (χ2v) is 10.9. The minimum absolute atomic E-state index is 0. The van der Waals surface area contributed by atoms with Crippen LogP contribution in [0.2, 0.25) is 0 Å². The van der Waals surface area contributed by atoms with Crippen LogP contribution in [0, 0.1) is 31.1 Å². The number of para-hydroxylation sites is 2. The molecule has 0 fully saturated rings. The number of rotatable bonds is 3. The molecule has 4 aromatic carbocycles. The first-order chi connectivity index (χ1) is 22.1. The van der Waals surface area contributed by atoms with Crippen LogP contribution in [0.4, 0.5) is 4.39 Å². The predicted octanol–water partition coefficient (Wildman–Crippen LogP) is 8.73. The van der Waals surface area contributed by atoms with E-state index in [0.29, 0.717) is 33.4 Å². The van der Waals surface area contributed by atoms with Gasteiger partial charge in [-0.25, -0.2) is 4.39 Å². The van der Waals surface area contributed by atoms with Gasteiger partial charge in [-0.05, 0) is 48.6 Å². The van der Waals surface area contributed by atoms with Crippen molar-refractivity contribution < 1.29 is 40.3 Å². The molecule has 0 aliphatic carbocycles. The third-order valence-corrected chi connectivity index (χ3v) is 7.08. The van der Waals surface area contributed by atoms with Crippen LogP contribution in [0.25, 0.3) is 49.9 Å². The fourth-order valence-corrected chi connectivity index (χ4v) is 5.02. The van der Waals surface area contributed by atoms with Crippen molar-refractivity contribution in [1.29, 1.82) is 0 Å². The van der Waals surface area contributed by atoms with E-state index in [2.05, 4.69) is 23.4 Å². The van der Waals surface area contributed by atoms with Crippen molar-refractivity contribution in [1.82, 2.24) is 9.55 Å². The molecule has 216 valence electrons. The predicted molar refractivity (Wildman–Crippen MR) is 166 cm³/mol. The van der Waals surface area contributed by atoms with Gasteiger partial charge in [0.05, 0.1) is 25.9 Å². The summed E-state index contributed by atoms with van der Waals surface area (Å²) in [5, 5.41) is 1.99. The van der Waals surface area contributed by atoms with Gasteiger partial charge in [-0.1, -0.05) is 73.3 Å². The molecule has 0 aliphatic heterocycles. The van der Waals surface area contributed by atoms with E-state index in [9.17, 15) is 4.39 Å². The van der Waals surface area contributed by atoms with E-state index < -0.39 is 19.2 Å². The molecule has 0 bridgehead atoms. The first-order valence-electron chi connectivity index (χ1n) is 16.1. The summed E-state index contributed by atoms with van der Waals surface area (Å²) in [5.41, 5.74) is 5.28. The van der Waals surface area contributed by atoms with Gasteiger partial charge in [-0.3, -0.25) is 0 Å². The Balaban J connectivity index is 0.000000192. The van der Waals surface area contributed by atoms with Gasteiger partial charge in [0.1, 0.15) is 11.4 Å². The molecule has 0 atom stereocenters. The van der Waals surface area contributed by atoms with Crippen molar-refractivity contribution >= 4 is 33.0 Å². The summed E-state index contributed by atoms with van der Waals surface area (Å²) in [6.45, 7) is 3.49. The number of benzene rings is 4. The van der Waals surface area contributed by atoms with Gasteiger partial charge in [-0.2, -0.15) is 30.3 Å². The molecule has 0 amide bonds. The largest absolute Gasteiger partial charge is 3.00 e. The number of aryl methyl sites for hydroxylation is 2. The normalized spacial score (nSPS) is 13.7. The summed E-state index contributed by atoms with van der Waals surface area (Å²) in [6, 6.07) is 31.1. The molecule has 0 saturated carbocycles. The summed E-state index contributed by atoms with van der Waals surface area (Å²) >= 11 is 0. The van der Waals surface area contributed by atoms with Crippen LogP contribution < -0.4 is 4.57 Å². The fourth-order valence-electron chi connectivity index (χ4n) is 5.02. The van der Waals surface area contributed by atoms with E-state index in [4.69, 9.17) is 11.3 Å². The molecule has 7 rings (SSSR count). The van der Waals surface area contributed by atoms with Crippen LogP contribution in [0.5, 0.6) is 0 Å². The van der Waals surface area contributed by atoms with Crippen molar-refractivity contribution in [2.24, 2.45) is 0 Å². The molecule has 0 saturated heterocycles. The Hall–Kier alpha value is -4.12. The van der Waals surface area contributed by atoms with Gasteiger partial charge in [0.15, 0.2) is 0 Å². The number of hydrogen-bond donors (Lipinski definition) is 0. The standard InChI is InChI=1S/C22H20NO.C15H12FN2.Ir/c1-14-12-19(23-13-18(14)22(2,3)4)17-10-7-9-16-15-8-5-6-11-20(15)24-21(16)17;1-2-17-11-18(13-6-4-3-5-7-13)14-9-8-12(16)10-15(14)17;/h5-9,11-13H,1-4H3;3-6,8-10H,2H2,1H3;/q2*-1;+3/i1D3;2D2;. The average Bonchev–Trinajstić information content (AvgIpc) is 3.59. The maximum atomic E-state index is 13.4. The van der Waals surface area contributed by atoms with Gasteiger partial charge in [0.25, 0.3) is 0 Å². The molecule has 6 heteroatoms. The SMILES string of the molecule is [2H]C([2H])(C)[n+]1[c-]n(-c2[c-]cccc2)c2ccc(F)cc21.[2H]C([2H])([2H])c1cc(-c2[c-]ccc3c2oc2ccccc23)ncc1C(C)(C)C.[Ir+3]. The summed E-state index contributed by atoms with van der Waals surface area (Å²) < 4.78 is 62.1. The monoisotopic (exact) mass is 751 g/mol. The van der Waals surface area contributed by atoms with E-state index >= 15 is 0 Å². The van der Waals surface area contributed by atoms with Crippen LogP contribution in [0.15, 0.2) is 95.5 Å². The maximum Gasteiger partial charge on any atom is 3.00 e. The van der Waals surface area contributed by atoms with Gasteiger partial charge < -0.3 is 18.5 Å². The number of pyridine rings is 1. The van der Waals surface area contributed by atoms with Crippen LogP contribution in [0.3, 0.4) is 0 Å². The summed E-state index contributed by atoms with van der Waals surface area (Å²) in [7, 11) is 0. The summed E-state index contributed by atoms with van der Waals surface area (Å²) in [4.78, 5) is 4.57. The number of nitrogens with zero attached hydrogens (tertiary/aromatic N) is 3. The molecule has 0 spiro atoms. The van der Waals surface area contributed by atoms with Crippen LogP contribution >= 0.6 is 0 Å². The number of halogens is 1. The van der Waals surface area contributed by atoms with E-state index in [0.717, 1.165) is 27.6 Å². The third-order valence-electron chi connectivity index (χ3n) is 7.08. The van der Waals surface area contributed by atoms with Gasteiger partial charge in [0.2, 0.25) is 6.33 Å². The summed E-state index contributed by atoms with van der Waals surface area (Å²) in [6.07, 6.45) is 4.61. The molecule has 7 aromatic rings. The quantitative estimate of drug-likeness (QED) is 0.134. The Morgan fingerprint density at radius 2 is 1.81 bits per heavy atom. The molecule has 3 heterocycles. The topological polar surface area (TPSA) is 34.8 Å². The number of furan rings is 1. The molecule has 0 radical (unpaired) electrons. The van der Waals surface area contributed by atoms with Crippen LogP contribution in [0.1, 0.15) is 45.7 Å². The van der Waals surface area contributed by atoms with Crippen molar-refractivity contribution in [2.45, 2.75) is 46.5 Å². The molecule has 3 aromatic heterocycles. The van der Waals surface area contributed by atoms with Crippen LogP contribution in [-0.4, -0.2) is 9.55 Å². The minimum Gasteiger partial charge on any atom is -0.501 e. The Morgan fingerprint density at radius 3 is 2.56 bits per heavy atom. The van der Waals surface area contributed by atoms with E-state index in [-0.39, 0.29) is 25.5 Å². The Bertz CT molecular complexity index is 2230. The van der Waals surface area contributed by atoms with Crippen molar-refractivity contribution in [3.8, 4) is 16.9 Å². The maximum absolute atomic E-state index is 13.4. The summed E-state index contributed by atoms with van der Waals surface area (Å²) in [5.74, 6) is -0.404. The van der Waals surface area contributed by atoms with Crippen molar-refractivity contribution in [3.63, 3.8) is 0 Å². The molecule has 0 unspecified atom stereocenters. The molecular formula is C37H32FIrN3O+. The van der Waals surface area contributed by atoms with Gasteiger partial charge >= 0.3 is 20.1 Å². The van der Waals surface area contributed by atoms with Crippen molar-refractivity contribution in [2.75, 3.05) is 0 Å². The van der Waals surface area contributed by atoms with E-state index in [1.807, 2.05) is 75.4 Å². The first kappa shape index (κ1) is 24.3. The van der Waals surface area contributed by atoms with E-state index in [1.165, 1.54) is 23.6 Å². The number of imidazole rings is 1. The molecule has 0 aliphatic rings.